The summed E-state index contributed by atoms with van der Waals surface area (Å²) in [6, 6.07) is 0. The molecule has 0 unspecified atom stereocenters. The van der Waals surface area contributed by atoms with Gasteiger partial charge in [0.2, 0.25) is 10.0 Å². The van der Waals surface area contributed by atoms with E-state index in [0.29, 0.717) is 11.3 Å². The highest BCUT2D eigenvalue weighted by molar-refractivity contribution is 7.92. The molecule has 6 nitrogen and oxygen atoms in total. The second kappa shape index (κ2) is 6.50. The van der Waals surface area contributed by atoms with E-state index in [9.17, 15) is 13.2 Å². The Hall–Kier alpha value is -1.41. The van der Waals surface area contributed by atoms with Crippen LogP contribution >= 0.6 is 11.3 Å². The van der Waals surface area contributed by atoms with Crippen LogP contribution in [0.25, 0.3) is 6.08 Å². The molecule has 0 bridgehead atoms. The maximum Gasteiger partial charge on any atom is 0.328 e. The predicted octanol–water partition coefficient (Wildman–Crippen LogP) is 1.78. The maximum atomic E-state index is 11.6. The zero-order chi connectivity index (χ0) is 13.6. The molecule has 0 saturated heterocycles. The fourth-order valence-electron chi connectivity index (χ4n) is 1.08. The van der Waals surface area contributed by atoms with Crippen molar-refractivity contribution in [3.05, 3.63) is 17.2 Å². The number of carbonyl (C=O) groups is 1. The van der Waals surface area contributed by atoms with Gasteiger partial charge in [-0.2, -0.15) is 0 Å². The van der Waals surface area contributed by atoms with Gasteiger partial charge in [-0.05, 0) is 12.5 Å². The van der Waals surface area contributed by atoms with Crippen molar-refractivity contribution in [3.63, 3.8) is 0 Å². The lowest BCUT2D eigenvalue weighted by Crippen LogP contribution is -2.16. The summed E-state index contributed by atoms with van der Waals surface area (Å²) in [4.78, 5) is 14.8. The van der Waals surface area contributed by atoms with Gasteiger partial charge in [0.15, 0.2) is 5.13 Å². The lowest BCUT2D eigenvalue weighted by Gasteiger charge is -2.02. The molecule has 1 aromatic heterocycles. The van der Waals surface area contributed by atoms with Crippen molar-refractivity contribution in [3.8, 4) is 0 Å². The number of anilines is 1. The van der Waals surface area contributed by atoms with E-state index in [4.69, 9.17) is 5.11 Å². The molecule has 18 heavy (non-hydrogen) atoms. The van der Waals surface area contributed by atoms with Crippen molar-refractivity contribution in [2.45, 2.75) is 19.8 Å². The standard InChI is InChI=1S/C10H14N2O4S2/c1-2-3-6-18(15,16)12-10-11-7-8(17-10)4-5-9(13)14/h4-5,7H,2-3,6H2,1H3,(H,11,12)(H,13,14). The second-order valence-corrected chi connectivity index (χ2v) is 6.42. The number of aliphatic carboxylic acids is 1. The van der Waals surface area contributed by atoms with Gasteiger partial charge in [-0.15, -0.1) is 0 Å². The number of thiazole rings is 1. The van der Waals surface area contributed by atoms with Gasteiger partial charge in [-0.3, -0.25) is 4.72 Å². The van der Waals surface area contributed by atoms with E-state index in [1.165, 1.54) is 12.3 Å². The molecular formula is C10H14N2O4S2. The van der Waals surface area contributed by atoms with Crippen LogP contribution in [0.5, 0.6) is 0 Å². The Morgan fingerprint density at radius 2 is 2.33 bits per heavy atom. The fourth-order valence-corrected chi connectivity index (χ4v) is 3.29. The summed E-state index contributed by atoms with van der Waals surface area (Å²) in [5.41, 5.74) is 0. The molecule has 0 amide bonds. The van der Waals surface area contributed by atoms with Crippen molar-refractivity contribution in [2.75, 3.05) is 10.5 Å². The molecule has 0 fully saturated rings. The summed E-state index contributed by atoms with van der Waals surface area (Å²) in [6.45, 7) is 1.91. The maximum absolute atomic E-state index is 11.6. The molecule has 1 aromatic rings. The highest BCUT2D eigenvalue weighted by Crippen LogP contribution is 2.20. The lowest BCUT2D eigenvalue weighted by molar-refractivity contribution is -0.131. The number of rotatable bonds is 7. The van der Waals surface area contributed by atoms with Crippen molar-refractivity contribution in [1.29, 1.82) is 0 Å². The quantitative estimate of drug-likeness (QED) is 0.746. The topological polar surface area (TPSA) is 96.4 Å². The van der Waals surface area contributed by atoms with Gasteiger partial charge in [-0.25, -0.2) is 18.2 Å². The van der Waals surface area contributed by atoms with Crippen LogP contribution in [0.1, 0.15) is 24.6 Å². The molecule has 1 heterocycles. The van der Waals surface area contributed by atoms with E-state index < -0.39 is 16.0 Å². The molecule has 0 aliphatic carbocycles. The Kier molecular flexibility index (Phi) is 5.29. The average Bonchev–Trinajstić information content (AvgIpc) is 2.70. The first-order valence-electron chi connectivity index (χ1n) is 5.30. The monoisotopic (exact) mass is 290 g/mol. The fraction of sp³-hybridized carbons (Fsp3) is 0.400. The summed E-state index contributed by atoms with van der Waals surface area (Å²) in [7, 11) is -3.36. The van der Waals surface area contributed by atoms with Crippen molar-refractivity contribution in [2.24, 2.45) is 0 Å². The summed E-state index contributed by atoms with van der Waals surface area (Å²) in [6.07, 6.45) is 5.15. The van der Waals surface area contributed by atoms with E-state index in [1.54, 1.807) is 0 Å². The van der Waals surface area contributed by atoms with E-state index in [0.717, 1.165) is 23.8 Å². The van der Waals surface area contributed by atoms with E-state index in [2.05, 4.69) is 9.71 Å². The Bertz CT molecular complexity index is 534. The number of nitrogens with one attached hydrogen (secondary N) is 1. The van der Waals surface area contributed by atoms with Crippen LogP contribution in [0.15, 0.2) is 12.3 Å². The van der Waals surface area contributed by atoms with Gasteiger partial charge in [0, 0.05) is 17.2 Å². The van der Waals surface area contributed by atoms with Gasteiger partial charge in [-0.1, -0.05) is 24.7 Å². The molecule has 0 aromatic carbocycles. The number of nitrogens with zero attached hydrogens (tertiary/aromatic N) is 1. The first-order valence-corrected chi connectivity index (χ1v) is 7.77. The average molecular weight is 290 g/mol. The van der Waals surface area contributed by atoms with Crippen molar-refractivity contribution >= 4 is 38.5 Å². The third-order valence-corrected chi connectivity index (χ3v) is 4.26. The normalized spacial score (nSPS) is 11.8. The van der Waals surface area contributed by atoms with Gasteiger partial charge in [0.05, 0.1) is 5.75 Å². The van der Waals surface area contributed by atoms with Crippen LogP contribution in [0, 0.1) is 0 Å². The summed E-state index contributed by atoms with van der Waals surface area (Å²) in [5, 5.41) is 8.70. The third-order valence-electron chi connectivity index (χ3n) is 1.92. The molecule has 0 radical (unpaired) electrons. The van der Waals surface area contributed by atoms with Crippen LogP contribution in [-0.2, 0) is 14.8 Å². The smallest absolute Gasteiger partial charge is 0.328 e. The van der Waals surface area contributed by atoms with Gasteiger partial charge in [0.25, 0.3) is 0 Å². The van der Waals surface area contributed by atoms with Crippen LogP contribution < -0.4 is 4.72 Å². The van der Waals surface area contributed by atoms with Crippen LogP contribution in [0.4, 0.5) is 5.13 Å². The molecule has 0 spiro atoms. The number of hydrogen-bond donors (Lipinski definition) is 2. The summed E-state index contributed by atoms with van der Waals surface area (Å²) >= 11 is 1.08. The SMILES string of the molecule is CCCCS(=O)(=O)Nc1ncc(C=CC(=O)O)s1. The zero-order valence-corrected chi connectivity index (χ0v) is 11.4. The molecule has 0 aliphatic rings. The molecule has 0 aliphatic heterocycles. The minimum Gasteiger partial charge on any atom is -0.478 e. The van der Waals surface area contributed by atoms with E-state index in [1.807, 2.05) is 6.92 Å². The minimum atomic E-state index is -3.36. The first kappa shape index (κ1) is 14.7. The number of hydrogen-bond acceptors (Lipinski definition) is 5. The first-order chi connectivity index (χ1) is 8.43. The van der Waals surface area contributed by atoms with Gasteiger partial charge in [0.1, 0.15) is 0 Å². The summed E-state index contributed by atoms with van der Waals surface area (Å²) < 4.78 is 25.5. The van der Waals surface area contributed by atoms with Crippen molar-refractivity contribution in [1.82, 2.24) is 4.98 Å². The molecular weight excluding hydrogens is 276 g/mol. The second-order valence-electron chi connectivity index (χ2n) is 3.51. The molecule has 1 rings (SSSR count). The Morgan fingerprint density at radius 1 is 1.61 bits per heavy atom. The zero-order valence-electron chi connectivity index (χ0n) is 9.79. The molecule has 8 heteroatoms. The number of unbranched alkanes of at least 4 members (excludes halogenated alkanes) is 1. The molecule has 100 valence electrons. The van der Waals surface area contributed by atoms with E-state index in [-0.39, 0.29) is 10.9 Å². The predicted molar refractivity (Wildman–Crippen MR) is 71.1 cm³/mol. The molecule has 2 N–H and O–H groups in total. The molecule has 0 saturated carbocycles. The summed E-state index contributed by atoms with van der Waals surface area (Å²) in [5.74, 6) is -1.00. The van der Waals surface area contributed by atoms with Gasteiger partial charge < -0.3 is 5.11 Å². The largest absolute Gasteiger partial charge is 0.478 e. The number of aromatic nitrogens is 1. The Balaban J connectivity index is 2.67. The van der Waals surface area contributed by atoms with Crippen LogP contribution in [-0.4, -0.2) is 30.2 Å². The molecule has 0 atom stereocenters. The van der Waals surface area contributed by atoms with Crippen molar-refractivity contribution < 1.29 is 18.3 Å². The van der Waals surface area contributed by atoms with Crippen LogP contribution in [0.3, 0.4) is 0 Å². The number of carboxylic acid groups (broad SMARTS) is 1. The highest BCUT2D eigenvalue weighted by atomic mass is 32.2. The third kappa shape index (κ3) is 5.28. The highest BCUT2D eigenvalue weighted by Gasteiger charge is 2.11. The number of carboxylic acids is 1. The number of sulfonamides is 1. The Morgan fingerprint density at radius 3 is 2.94 bits per heavy atom. The lowest BCUT2D eigenvalue weighted by atomic mass is 10.4. The van der Waals surface area contributed by atoms with E-state index >= 15 is 0 Å². The van der Waals surface area contributed by atoms with Crippen LogP contribution in [0.2, 0.25) is 0 Å². The van der Waals surface area contributed by atoms with Gasteiger partial charge >= 0.3 is 5.97 Å². The Labute approximate surface area is 109 Å². The minimum absolute atomic E-state index is 0.0589.